The van der Waals surface area contributed by atoms with Crippen LogP contribution in [0.3, 0.4) is 0 Å². The van der Waals surface area contributed by atoms with Crippen molar-refractivity contribution in [2.75, 3.05) is 33.3 Å². The fourth-order valence-corrected chi connectivity index (χ4v) is 4.84. The molecule has 0 aromatic heterocycles. The smallest absolute Gasteiger partial charge is 0.253 e. The number of nitrogens with zero attached hydrogens (tertiary/aromatic N) is 2. The molecule has 1 fully saturated rings. The highest BCUT2D eigenvalue weighted by Gasteiger charge is 2.29. The van der Waals surface area contributed by atoms with Crippen molar-refractivity contribution in [2.24, 2.45) is 0 Å². The Morgan fingerprint density at radius 3 is 2.21 bits per heavy atom. The molecule has 6 nitrogen and oxygen atoms in total. The summed E-state index contributed by atoms with van der Waals surface area (Å²) in [6, 6.07) is 11.7. The molecule has 0 bridgehead atoms. The first kappa shape index (κ1) is 20.9. The van der Waals surface area contributed by atoms with Crippen LogP contribution in [0.1, 0.15) is 15.9 Å². The molecule has 0 N–H and O–H groups in total. The van der Waals surface area contributed by atoms with Gasteiger partial charge in [0.1, 0.15) is 5.75 Å². The highest BCUT2D eigenvalue weighted by atomic mass is 35.5. The van der Waals surface area contributed by atoms with Gasteiger partial charge in [0.05, 0.1) is 22.9 Å². The molecule has 0 spiro atoms. The van der Waals surface area contributed by atoms with Gasteiger partial charge in [-0.3, -0.25) is 4.79 Å². The largest absolute Gasteiger partial charge is 0.497 e. The molecular weight excluding hydrogens is 423 g/mol. The van der Waals surface area contributed by atoms with Crippen LogP contribution < -0.4 is 4.74 Å². The summed E-state index contributed by atoms with van der Waals surface area (Å²) in [5.74, 6) is 0.398. The van der Waals surface area contributed by atoms with Gasteiger partial charge in [-0.05, 0) is 42.0 Å². The third kappa shape index (κ3) is 4.78. The summed E-state index contributed by atoms with van der Waals surface area (Å²) in [7, 11) is -1.95. The van der Waals surface area contributed by atoms with E-state index in [4.69, 9.17) is 27.9 Å². The minimum absolute atomic E-state index is 0.121. The van der Waals surface area contributed by atoms with Gasteiger partial charge in [-0.2, -0.15) is 4.31 Å². The number of hydrogen-bond donors (Lipinski definition) is 0. The number of ether oxygens (including phenoxy) is 1. The second-order valence-electron chi connectivity index (χ2n) is 6.42. The summed E-state index contributed by atoms with van der Waals surface area (Å²) in [4.78, 5) is 14.3. The maximum atomic E-state index is 12.7. The number of sulfonamides is 1. The Bertz CT molecular complexity index is 956. The second kappa shape index (κ2) is 8.69. The fraction of sp³-hybridized carbons (Fsp3) is 0.316. The van der Waals surface area contributed by atoms with Gasteiger partial charge in [0.25, 0.3) is 5.91 Å². The SMILES string of the molecule is COc1ccc(C(=O)N2CCN(S(=O)(=O)Cc3ccc(Cl)c(Cl)c3)CC2)cc1. The Balaban J connectivity index is 1.61. The van der Waals surface area contributed by atoms with Gasteiger partial charge in [0.2, 0.25) is 10.0 Å². The van der Waals surface area contributed by atoms with Crippen LogP contribution >= 0.6 is 23.2 Å². The van der Waals surface area contributed by atoms with Crippen LogP contribution in [-0.4, -0.2) is 56.8 Å². The van der Waals surface area contributed by atoms with E-state index in [-0.39, 0.29) is 24.7 Å². The Morgan fingerprint density at radius 2 is 1.64 bits per heavy atom. The van der Waals surface area contributed by atoms with E-state index in [1.807, 2.05) is 0 Å². The molecule has 0 atom stereocenters. The number of hydrogen-bond acceptors (Lipinski definition) is 4. The van der Waals surface area contributed by atoms with Gasteiger partial charge in [-0.15, -0.1) is 0 Å². The van der Waals surface area contributed by atoms with Gasteiger partial charge >= 0.3 is 0 Å². The van der Waals surface area contributed by atoms with Crippen LogP contribution in [0, 0.1) is 0 Å². The maximum Gasteiger partial charge on any atom is 0.253 e. The number of methoxy groups -OCH3 is 1. The molecule has 1 heterocycles. The minimum atomic E-state index is -3.51. The van der Waals surface area contributed by atoms with Crippen LogP contribution in [0.15, 0.2) is 42.5 Å². The summed E-state index contributed by atoms with van der Waals surface area (Å²) in [6.45, 7) is 1.19. The third-order valence-electron chi connectivity index (χ3n) is 4.59. The fourth-order valence-electron chi connectivity index (χ4n) is 3.02. The number of halogens is 2. The Labute approximate surface area is 174 Å². The van der Waals surface area contributed by atoms with Crippen molar-refractivity contribution < 1.29 is 17.9 Å². The molecule has 0 aliphatic carbocycles. The predicted molar refractivity (Wildman–Crippen MR) is 110 cm³/mol. The minimum Gasteiger partial charge on any atom is -0.497 e. The number of carbonyl (C=O) groups excluding carboxylic acids is 1. The van der Waals surface area contributed by atoms with Gasteiger partial charge < -0.3 is 9.64 Å². The molecule has 3 rings (SSSR count). The highest BCUT2D eigenvalue weighted by molar-refractivity contribution is 7.88. The average molecular weight is 443 g/mol. The lowest BCUT2D eigenvalue weighted by molar-refractivity contribution is 0.0697. The summed E-state index contributed by atoms with van der Waals surface area (Å²) >= 11 is 11.8. The first-order valence-corrected chi connectivity index (χ1v) is 11.0. The molecule has 150 valence electrons. The van der Waals surface area contributed by atoms with E-state index in [0.717, 1.165) is 0 Å². The van der Waals surface area contributed by atoms with Crippen LogP contribution in [0.5, 0.6) is 5.75 Å². The van der Waals surface area contributed by atoms with Crippen LogP contribution in [-0.2, 0) is 15.8 Å². The van der Waals surface area contributed by atoms with Crippen molar-refractivity contribution in [3.63, 3.8) is 0 Å². The standard InChI is InChI=1S/C19H20Cl2N2O4S/c1-27-16-5-3-15(4-6-16)19(24)22-8-10-23(11-9-22)28(25,26)13-14-2-7-17(20)18(21)12-14/h2-7,12H,8-11,13H2,1H3. The van der Waals surface area contributed by atoms with Crippen molar-refractivity contribution in [2.45, 2.75) is 5.75 Å². The Kier molecular flexibility index (Phi) is 6.50. The normalized spacial score (nSPS) is 15.5. The van der Waals surface area contributed by atoms with Crippen LogP contribution in [0.4, 0.5) is 0 Å². The van der Waals surface area contributed by atoms with Crippen molar-refractivity contribution in [3.8, 4) is 5.75 Å². The van der Waals surface area contributed by atoms with Gasteiger partial charge in [0.15, 0.2) is 0 Å². The molecule has 2 aromatic rings. The monoisotopic (exact) mass is 442 g/mol. The lowest BCUT2D eigenvalue weighted by Gasteiger charge is -2.34. The van der Waals surface area contributed by atoms with Crippen molar-refractivity contribution in [1.29, 1.82) is 0 Å². The second-order valence-corrected chi connectivity index (χ2v) is 9.21. The zero-order valence-electron chi connectivity index (χ0n) is 15.3. The molecule has 1 aliphatic rings. The average Bonchev–Trinajstić information content (AvgIpc) is 2.70. The lowest BCUT2D eigenvalue weighted by atomic mass is 10.2. The number of amides is 1. The molecule has 1 saturated heterocycles. The van der Waals surface area contributed by atoms with Crippen molar-refractivity contribution in [1.82, 2.24) is 9.21 Å². The quantitative estimate of drug-likeness (QED) is 0.712. The lowest BCUT2D eigenvalue weighted by Crippen LogP contribution is -2.50. The topological polar surface area (TPSA) is 66.9 Å². The molecule has 1 amide bonds. The number of rotatable bonds is 5. The van der Waals surface area contributed by atoms with Gasteiger partial charge in [-0.1, -0.05) is 29.3 Å². The van der Waals surface area contributed by atoms with E-state index in [9.17, 15) is 13.2 Å². The summed E-state index contributed by atoms with van der Waals surface area (Å²) in [6.07, 6.45) is 0. The highest BCUT2D eigenvalue weighted by Crippen LogP contribution is 2.24. The first-order chi connectivity index (χ1) is 13.3. The molecule has 0 saturated carbocycles. The zero-order chi connectivity index (χ0) is 20.3. The Hall–Kier alpha value is -1.80. The molecular formula is C19H20Cl2N2O4S. The number of benzene rings is 2. The Morgan fingerprint density at radius 1 is 1.00 bits per heavy atom. The van der Waals surface area contributed by atoms with Crippen molar-refractivity contribution in [3.05, 3.63) is 63.6 Å². The predicted octanol–water partition coefficient (Wildman–Crippen LogP) is 3.29. The first-order valence-electron chi connectivity index (χ1n) is 8.65. The molecule has 0 unspecified atom stereocenters. The number of carbonyl (C=O) groups is 1. The van der Waals surface area contributed by atoms with E-state index in [0.29, 0.717) is 40.0 Å². The van der Waals surface area contributed by atoms with E-state index >= 15 is 0 Å². The molecule has 0 radical (unpaired) electrons. The summed E-state index contributed by atoms with van der Waals surface area (Å²) in [5.41, 5.74) is 1.12. The van der Waals surface area contributed by atoms with Gasteiger partial charge in [0, 0.05) is 31.7 Å². The zero-order valence-corrected chi connectivity index (χ0v) is 17.6. The molecule has 1 aliphatic heterocycles. The summed E-state index contributed by atoms with van der Waals surface area (Å²) in [5, 5.41) is 0.706. The van der Waals surface area contributed by atoms with E-state index in [1.165, 1.54) is 4.31 Å². The number of piperazine rings is 1. The van der Waals surface area contributed by atoms with Crippen molar-refractivity contribution >= 4 is 39.1 Å². The maximum absolute atomic E-state index is 12.7. The third-order valence-corrected chi connectivity index (χ3v) is 7.18. The molecule has 2 aromatic carbocycles. The van der Waals surface area contributed by atoms with E-state index in [1.54, 1.807) is 54.5 Å². The van der Waals surface area contributed by atoms with E-state index < -0.39 is 10.0 Å². The van der Waals surface area contributed by atoms with Crippen LogP contribution in [0.2, 0.25) is 10.0 Å². The molecule has 9 heteroatoms. The van der Waals surface area contributed by atoms with Crippen LogP contribution in [0.25, 0.3) is 0 Å². The van der Waals surface area contributed by atoms with Gasteiger partial charge in [-0.25, -0.2) is 8.42 Å². The summed E-state index contributed by atoms with van der Waals surface area (Å²) < 4.78 is 31.9. The molecule has 28 heavy (non-hydrogen) atoms. The van der Waals surface area contributed by atoms with E-state index in [2.05, 4.69) is 0 Å².